The number of aryl methyl sites for hydroxylation is 2. The first-order chi connectivity index (χ1) is 9.02. The van der Waals surface area contributed by atoms with Gasteiger partial charge >= 0.3 is 5.97 Å². The van der Waals surface area contributed by atoms with Gasteiger partial charge in [-0.3, -0.25) is 14.4 Å². The van der Waals surface area contributed by atoms with Crippen LogP contribution in [0, 0.1) is 12.8 Å². The molecule has 1 aliphatic heterocycles. The van der Waals surface area contributed by atoms with Crippen LogP contribution in [0.1, 0.15) is 24.1 Å². The number of likely N-dealkylation sites (tertiary alicyclic amines) is 1. The van der Waals surface area contributed by atoms with E-state index < -0.39 is 0 Å². The van der Waals surface area contributed by atoms with E-state index in [4.69, 9.17) is 16.3 Å². The van der Waals surface area contributed by atoms with Crippen molar-refractivity contribution in [3.63, 3.8) is 0 Å². The molecule has 6 heteroatoms. The zero-order valence-corrected chi connectivity index (χ0v) is 12.4. The molecular formula is C13H20ClN3O2. The average molecular weight is 286 g/mol. The Morgan fingerprint density at radius 3 is 2.89 bits per heavy atom. The summed E-state index contributed by atoms with van der Waals surface area (Å²) in [6.07, 6.45) is 1.92. The third-order valence-corrected chi connectivity index (χ3v) is 4.16. The zero-order valence-electron chi connectivity index (χ0n) is 11.6. The molecule has 1 aromatic heterocycles. The third kappa shape index (κ3) is 3.09. The van der Waals surface area contributed by atoms with Crippen molar-refractivity contribution in [2.75, 3.05) is 20.2 Å². The molecule has 1 aliphatic rings. The van der Waals surface area contributed by atoms with Crippen LogP contribution >= 0.6 is 11.6 Å². The lowest BCUT2D eigenvalue weighted by atomic mass is 9.98. The first-order valence-corrected chi connectivity index (χ1v) is 6.89. The van der Waals surface area contributed by atoms with Gasteiger partial charge in [-0.15, -0.1) is 0 Å². The molecule has 1 saturated heterocycles. The van der Waals surface area contributed by atoms with Crippen LogP contribution < -0.4 is 0 Å². The van der Waals surface area contributed by atoms with Gasteiger partial charge in [0.15, 0.2) is 0 Å². The molecule has 1 atom stereocenters. The van der Waals surface area contributed by atoms with Crippen LogP contribution in [-0.4, -0.2) is 40.8 Å². The number of methoxy groups -OCH3 is 1. The van der Waals surface area contributed by atoms with Crippen LogP contribution in [0.15, 0.2) is 0 Å². The average Bonchev–Trinajstić information content (AvgIpc) is 2.65. The number of hydrogen-bond donors (Lipinski definition) is 0. The van der Waals surface area contributed by atoms with Gasteiger partial charge in [-0.05, 0) is 26.3 Å². The van der Waals surface area contributed by atoms with Crippen molar-refractivity contribution < 1.29 is 9.53 Å². The van der Waals surface area contributed by atoms with E-state index in [0.717, 1.165) is 43.7 Å². The van der Waals surface area contributed by atoms with E-state index in [1.807, 2.05) is 14.0 Å². The Balaban J connectivity index is 2.04. The number of hydrogen-bond acceptors (Lipinski definition) is 4. The van der Waals surface area contributed by atoms with Crippen molar-refractivity contribution in [3.8, 4) is 0 Å². The monoisotopic (exact) mass is 285 g/mol. The Labute approximate surface area is 118 Å². The van der Waals surface area contributed by atoms with Gasteiger partial charge in [0, 0.05) is 25.7 Å². The molecule has 0 radical (unpaired) electrons. The van der Waals surface area contributed by atoms with Crippen LogP contribution in [0.3, 0.4) is 0 Å². The first-order valence-electron chi connectivity index (χ1n) is 6.51. The predicted octanol–water partition coefficient (Wildman–Crippen LogP) is 1.77. The molecule has 1 aromatic rings. The molecule has 0 spiro atoms. The second-order valence-electron chi connectivity index (χ2n) is 5.08. The summed E-state index contributed by atoms with van der Waals surface area (Å²) < 4.78 is 6.52. The molecule has 1 fully saturated rings. The molecule has 0 amide bonds. The fourth-order valence-corrected chi connectivity index (χ4v) is 2.87. The molecule has 0 bridgehead atoms. The lowest BCUT2D eigenvalue weighted by molar-refractivity contribution is -0.147. The van der Waals surface area contributed by atoms with Crippen molar-refractivity contribution in [1.29, 1.82) is 0 Å². The quantitative estimate of drug-likeness (QED) is 0.794. The minimum absolute atomic E-state index is 0.0190. The van der Waals surface area contributed by atoms with E-state index in [0.29, 0.717) is 5.15 Å². The van der Waals surface area contributed by atoms with E-state index in [-0.39, 0.29) is 11.9 Å². The van der Waals surface area contributed by atoms with Crippen molar-refractivity contribution >= 4 is 17.6 Å². The van der Waals surface area contributed by atoms with Crippen LogP contribution in [0.4, 0.5) is 0 Å². The van der Waals surface area contributed by atoms with Gasteiger partial charge in [-0.2, -0.15) is 5.10 Å². The van der Waals surface area contributed by atoms with E-state index in [9.17, 15) is 4.79 Å². The predicted molar refractivity (Wildman–Crippen MR) is 73.0 cm³/mol. The SMILES string of the molecule is COC(=O)[C@H]1CCCN(Cc2c(C)nn(C)c2Cl)C1. The van der Waals surface area contributed by atoms with E-state index >= 15 is 0 Å². The summed E-state index contributed by atoms with van der Waals surface area (Å²) in [5.41, 5.74) is 2.00. The smallest absolute Gasteiger partial charge is 0.309 e. The Hall–Kier alpha value is -1.07. The van der Waals surface area contributed by atoms with Crippen molar-refractivity contribution in [3.05, 3.63) is 16.4 Å². The number of aromatic nitrogens is 2. The fraction of sp³-hybridized carbons (Fsp3) is 0.692. The summed E-state index contributed by atoms with van der Waals surface area (Å²) in [5.74, 6) is -0.131. The fourth-order valence-electron chi connectivity index (χ4n) is 2.64. The highest BCUT2D eigenvalue weighted by Gasteiger charge is 2.27. The van der Waals surface area contributed by atoms with Crippen LogP contribution in [0.2, 0.25) is 5.15 Å². The maximum absolute atomic E-state index is 11.6. The summed E-state index contributed by atoms with van der Waals surface area (Å²) in [5, 5.41) is 4.99. The topological polar surface area (TPSA) is 47.4 Å². The maximum Gasteiger partial charge on any atom is 0.309 e. The largest absolute Gasteiger partial charge is 0.469 e. The minimum atomic E-state index is -0.112. The molecule has 106 valence electrons. The number of esters is 1. The molecule has 19 heavy (non-hydrogen) atoms. The van der Waals surface area contributed by atoms with Crippen LogP contribution in [0.5, 0.6) is 0 Å². The molecule has 5 nitrogen and oxygen atoms in total. The Kier molecular flexibility index (Phi) is 4.47. The highest BCUT2D eigenvalue weighted by atomic mass is 35.5. The molecule has 0 aliphatic carbocycles. The lowest BCUT2D eigenvalue weighted by Crippen LogP contribution is -2.38. The van der Waals surface area contributed by atoms with Crippen molar-refractivity contribution in [2.45, 2.75) is 26.3 Å². The summed E-state index contributed by atoms with van der Waals surface area (Å²) >= 11 is 6.24. The molecule has 0 unspecified atom stereocenters. The zero-order chi connectivity index (χ0) is 14.0. The second-order valence-corrected chi connectivity index (χ2v) is 5.43. The van der Waals surface area contributed by atoms with Gasteiger partial charge in [0.1, 0.15) is 5.15 Å². The number of ether oxygens (including phenoxy) is 1. The Bertz CT molecular complexity index is 473. The second kappa shape index (κ2) is 5.92. The van der Waals surface area contributed by atoms with Crippen molar-refractivity contribution in [1.82, 2.24) is 14.7 Å². The molecule has 0 aromatic carbocycles. The molecule has 0 N–H and O–H groups in total. The maximum atomic E-state index is 11.6. The first kappa shape index (κ1) is 14.3. The highest BCUT2D eigenvalue weighted by molar-refractivity contribution is 6.30. The normalized spacial score (nSPS) is 20.5. The third-order valence-electron chi connectivity index (χ3n) is 3.69. The number of carbonyl (C=O) groups is 1. The Morgan fingerprint density at radius 2 is 2.32 bits per heavy atom. The van der Waals surface area contributed by atoms with Crippen LogP contribution in [-0.2, 0) is 23.1 Å². The van der Waals surface area contributed by atoms with Crippen molar-refractivity contribution in [2.24, 2.45) is 13.0 Å². The lowest BCUT2D eigenvalue weighted by Gasteiger charge is -2.31. The molecule has 2 rings (SSSR count). The number of rotatable bonds is 3. The number of piperidine rings is 1. The number of nitrogens with zero attached hydrogens (tertiary/aromatic N) is 3. The van der Waals surface area contributed by atoms with Gasteiger partial charge in [-0.25, -0.2) is 0 Å². The van der Waals surface area contributed by atoms with Gasteiger partial charge in [0.2, 0.25) is 0 Å². The molecule has 0 saturated carbocycles. The summed E-state index contributed by atoms with van der Waals surface area (Å²) in [6, 6.07) is 0. The van der Waals surface area contributed by atoms with Gasteiger partial charge in [0.25, 0.3) is 0 Å². The molecule has 2 heterocycles. The summed E-state index contributed by atoms with van der Waals surface area (Å²) in [7, 11) is 3.29. The van der Waals surface area contributed by atoms with E-state index in [1.165, 1.54) is 7.11 Å². The van der Waals surface area contributed by atoms with Gasteiger partial charge in [-0.1, -0.05) is 11.6 Å². The number of halogens is 1. The minimum Gasteiger partial charge on any atom is -0.469 e. The van der Waals surface area contributed by atoms with Crippen LogP contribution in [0.25, 0.3) is 0 Å². The molecular weight excluding hydrogens is 266 g/mol. The van der Waals surface area contributed by atoms with Gasteiger partial charge < -0.3 is 4.74 Å². The summed E-state index contributed by atoms with van der Waals surface area (Å²) in [4.78, 5) is 13.9. The number of carbonyl (C=O) groups excluding carboxylic acids is 1. The van der Waals surface area contributed by atoms with E-state index in [1.54, 1.807) is 4.68 Å². The standard InChI is InChI=1S/C13H20ClN3O2/c1-9-11(12(14)16(2)15-9)8-17-6-4-5-10(7-17)13(18)19-3/h10H,4-8H2,1-3H3/t10-/m0/s1. The summed E-state index contributed by atoms with van der Waals surface area (Å²) in [6.45, 7) is 4.42. The Morgan fingerprint density at radius 1 is 1.58 bits per heavy atom. The van der Waals surface area contributed by atoms with Gasteiger partial charge in [0.05, 0.1) is 18.7 Å². The highest BCUT2D eigenvalue weighted by Crippen LogP contribution is 2.24. The van der Waals surface area contributed by atoms with E-state index in [2.05, 4.69) is 10.00 Å².